The van der Waals surface area contributed by atoms with E-state index in [1.165, 1.54) is 32.5 Å². The van der Waals surface area contributed by atoms with Crippen LogP contribution < -0.4 is 5.32 Å². The molecule has 2 aliphatic heterocycles. The van der Waals surface area contributed by atoms with Gasteiger partial charge in [0.15, 0.2) is 0 Å². The highest BCUT2D eigenvalue weighted by Gasteiger charge is 2.30. The third kappa shape index (κ3) is 3.43. The predicted molar refractivity (Wildman–Crippen MR) is 71.2 cm³/mol. The van der Waals surface area contributed by atoms with Gasteiger partial charge >= 0.3 is 0 Å². The molecule has 2 saturated heterocycles. The molecule has 0 spiro atoms. The predicted octanol–water partition coefficient (Wildman–Crippen LogP) is 1.59. The maximum atomic E-state index is 5.57. The molecule has 2 rings (SSSR count). The van der Waals surface area contributed by atoms with E-state index in [1.54, 1.807) is 0 Å². The molecule has 2 aliphatic rings. The summed E-state index contributed by atoms with van der Waals surface area (Å²) in [5.41, 5.74) is 0. The van der Waals surface area contributed by atoms with E-state index in [0.717, 1.165) is 25.0 Å². The van der Waals surface area contributed by atoms with E-state index in [1.807, 2.05) is 0 Å². The Kier molecular flexibility index (Phi) is 4.83. The van der Waals surface area contributed by atoms with E-state index >= 15 is 0 Å². The van der Waals surface area contributed by atoms with Gasteiger partial charge in [-0.3, -0.25) is 0 Å². The normalized spacial score (nSPS) is 32.5. The third-order valence-corrected chi connectivity index (χ3v) is 4.64. The lowest BCUT2D eigenvalue weighted by Gasteiger charge is -2.35. The van der Waals surface area contributed by atoms with Crippen molar-refractivity contribution in [3.8, 4) is 0 Å². The Morgan fingerprint density at radius 2 is 1.94 bits per heavy atom. The monoisotopic (exact) mass is 240 g/mol. The van der Waals surface area contributed by atoms with Gasteiger partial charge < -0.3 is 15.0 Å². The van der Waals surface area contributed by atoms with Crippen molar-refractivity contribution < 1.29 is 4.74 Å². The summed E-state index contributed by atoms with van der Waals surface area (Å²) in [6.07, 6.45) is 2.77. The van der Waals surface area contributed by atoms with Gasteiger partial charge in [-0.15, -0.1) is 0 Å². The first-order valence-corrected chi connectivity index (χ1v) is 7.18. The minimum atomic E-state index is 0.567. The molecule has 0 amide bonds. The van der Waals surface area contributed by atoms with Gasteiger partial charge in [0.05, 0.1) is 13.2 Å². The van der Waals surface area contributed by atoms with Gasteiger partial charge in [-0.25, -0.2) is 0 Å². The number of piperidine rings is 1. The lowest BCUT2D eigenvalue weighted by molar-refractivity contribution is 0.126. The standard InChI is InChI=1S/C14H28N2O/c1-11(2)12-4-6-16(7-5-12)8-13-9-17-10-14(13)15-3/h11-15H,4-10H2,1-3H3. The molecule has 17 heavy (non-hydrogen) atoms. The van der Waals surface area contributed by atoms with E-state index in [9.17, 15) is 0 Å². The second-order valence-electron chi connectivity index (χ2n) is 6.07. The average Bonchev–Trinajstić information content (AvgIpc) is 2.77. The number of nitrogens with one attached hydrogen (secondary N) is 1. The van der Waals surface area contributed by atoms with Crippen molar-refractivity contribution in [3.63, 3.8) is 0 Å². The average molecular weight is 240 g/mol. The van der Waals surface area contributed by atoms with E-state index < -0.39 is 0 Å². The lowest BCUT2D eigenvalue weighted by atomic mass is 9.86. The minimum absolute atomic E-state index is 0.567. The summed E-state index contributed by atoms with van der Waals surface area (Å²) in [5.74, 6) is 2.50. The molecule has 0 bridgehead atoms. The molecule has 2 unspecified atom stereocenters. The molecule has 0 aromatic rings. The first-order chi connectivity index (χ1) is 8.20. The maximum absolute atomic E-state index is 5.57. The Hall–Kier alpha value is -0.120. The van der Waals surface area contributed by atoms with E-state index in [2.05, 4.69) is 31.1 Å². The Morgan fingerprint density at radius 1 is 1.24 bits per heavy atom. The molecule has 100 valence electrons. The van der Waals surface area contributed by atoms with Gasteiger partial charge in [0.1, 0.15) is 0 Å². The van der Waals surface area contributed by atoms with Gasteiger partial charge in [-0.1, -0.05) is 13.8 Å². The summed E-state index contributed by atoms with van der Waals surface area (Å²) in [6, 6.07) is 0.567. The van der Waals surface area contributed by atoms with E-state index in [4.69, 9.17) is 4.74 Å². The molecular formula is C14H28N2O. The fourth-order valence-corrected chi connectivity index (χ4v) is 3.23. The Bertz CT molecular complexity index is 224. The second-order valence-corrected chi connectivity index (χ2v) is 6.07. The summed E-state index contributed by atoms with van der Waals surface area (Å²) in [7, 11) is 2.05. The van der Waals surface area contributed by atoms with Crippen LogP contribution in [0, 0.1) is 17.8 Å². The van der Waals surface area contributed by atoms with Crippen LogP contribution in [-0.2, 0) is 4.74 Å². The molecule has 0 aromatic carbocycles. The zero-order chi connectivity index (χ0) is 12.3. The van der Waals surface area contributed by atoms with Crippen LogP contribution in [0.4, 0.5) is 0 Å². The minimum Gasteiger partial charge on any atom is -0.379 e. The van der Waals surface area contributed by atoms with Crippen LogP contribution in [0.3, 0.4) is 0 Å². The van der Waals surface area contributed by atoms with Crippen molar-refractivity contribution in [1.82, 2.24) is 10.2 Å². The van der Waals surface area contributed by atoms with E-state index in [0.29, 0.717) is 12.0 Å². The third-order valence-electron chi connectivity index (χ3n) is 4.64. The molecule has 3 heteroatoms. The molecule has 0 aliphatic carbocycles. The number of hydrogen-bond donors (Lipinski definition) is 1. The molecule has 1 N–H and O–H groups in total. The molecule has 2 heterocycles. The van der Waals surface area contributed by atoms with Crippen LogP contribution in [0.25, 0.3) is 0 Å². The fraction of sp³-hybridized carbons (Fsp3) is 1.00. The van der Waals surface area contributed by atoms with Crippen molar-refractivity contribution in [3.05, 3.63) is 0 Å². The van der Waals surface area contributed by atoms with Crippen molar-refractivity contribution in [2.45, 2.75) is 32.7 Å². The van der Waals surface area contributed by atoms with Crippen LogP contribution in [0.2, 0.25) is 0 Å². The number of rotatable bonds is 4. The summed E-state index contributed by atoms with van der Waals surface area (Å²) in [4.78, 5) is 2.64. The van der Waals surface area contributed by atoms with Crippen LogP contribution in [0.15, 0.2) is 0 Å². The van der Waals surface area contributed by atoms with Gasteiger partial charge in [0, 0.05) is 18.5 Å². The Balaban J connectivity index is 1.74. The zero-order valence-corrected chi connectivity index (χ0v) is 11.6. The van der Waals surface area contributed by atoms with Crippen molar-refractivity contribution in [1.29, 1.82) is 0 Å². The molecule has 2 fully saturated rings. The van der Waals surface area contributed by atoms with Gasteiger partial charge in [-0.2, -0.15) is 0 Å². The summed E-state index contributed by atoms with van der Waals surface area (Å²) in [6.45, 7) is 10.4. The smallest absolute Gasteiger partial charge is 0.0623 e. The van der Waals surface area contributed by atoms with Crippen LogP contribution >= 0.6 is 0 Å². The topological polar surface area (TPSA) is 24.5 Å². The second kappa shape index (κ2) is 6.17. The highest BCUT2D eigenvalue weighted by Crippen LogP contribution is 2.25. The van der Waals surface area contributed by atoms with Crippen LogP contribution in [0.1, 0.15) is 26.7 Å². The maximum Gasteiger partial charge on any atom is 0.0623 e. The quantitative estimate of drug-likeness (QED) is 0.807. The highest BCUT2D eigenvalue weighted by molar-refractivity contribution is 4.84. The fourth-order valence-electron chi connectivity index (χ4n) is 3.23. The molecule has 2 atom stereocenters. The lowest BCUT2D eigenvalue weighted by Crippen LogP contribution is -2.43. The van der Waals surface area contributed by atoms with Crippen LogP contribution in [0.5, 0.6) is 0 Å². The van der Waals surface area contributed by atoms with Crippen molar-refractivity contribution >= 4 is 0 Å². The number of likely N-dealkylation sites (tertiary alicyclic amines) is 1. The highest BCUT2D eigenvalue weighted by atomic mass is 16.5. The first-order valence-electron chi connectivity index (χ1n) is 7.18. The molecule has 3 nitrogen and oxygen atoms in total. The van der Waals surface area contributed by atoms with Gasteiger partial charge in [-0.05, 0) is 44.8 Å². The van der Waals surface area contributed by atoms with Crippen molar-refractivity contribution in [2.24, 2.45) is 17.8 Å². The summed E-state index contributed by atoms with van der Waals surface area (Å²) < 4.78 is 5.57. The largest absolute Gasteiger partial charge is 0.379 e. The SMILES string of the molecule is CNC1COCC1CN1CCC(C(C)C)CC1. The number of nitrogens with zero attached hydrogens (tertiary/aromatic N) is 1. The first kappa shape index (κ1) is 13.3. The van der Waals surface area contributed by atoms with Crippen LogP contribution in [-0.4, -0.2) is 50.8 Å². The number of likely N-dealkylation sites (N-methyl/N-ethyl adjacent to an activating group) is 1. The number of ether oxygens (including phenoxy) is 1. The Morgan fingerprint density at radius 3 is 2.53 bits per heavy atom. The summed E-state index contributed by atoms with van der Waals surface area (Å²) >= 11 is 0. The summed E-state index contributed by atoms with van der Waals surface area (Å²) in [5, 5.41) is 3.38. The molecule has 0 aromatic heterocycles. The molecule has 0 radical (unpaired) electrons. The van der Waals surface area contributed by atoms with Gasteiger partial charge in [0.25, 0.3) is 0 Å². The van der Waals surface area contributed by atoms with Gasteiger partial charge in [0.2, 0.25) is 0 Å². The van der Waals surface area contributed by atoms with Crippen molar-refractivity contribution in [2.75, 3.05) is 39.9 Å². The molecular weight excluding hydrogens is 212 g/mol. The zero-order valence-electron chi connectivity index (χ0n) is 11.6. The molecule has 0 saturated carbocycles. The van der Waals surface area contributed by atoms with E-state index in [-0.39, 0.29) is 0 Å². The number of hydrogen-bond acceptors (Lipinski definition) is 3. The Labute approximate surface area is 106 Å².